The summed E-state index contributed by atoms with van der Waals surface area (Å²) in [5.41, 5.74) is 0.579. The van der Waals surface area contributed by atoms with Gasteiger partial charge in [0.1, 0.15) is 6.61 Å². The molecule has 0 radical (unpaired) electrons. The summed E-state index contributed by atoms with van der Waals surface area (Å²) in [6, 6.07) is 7.15. The number of nitrogens with one attached hydrogen (secondary N) is 2. The molecule has 8 nitrogen and oxygen atoms in total. The lowest BCUT2D eigenvalue weighted by atomic mass is 10.3. The zero-order valence-electron chi connectivity index (χ0n) is 15.4. The lowest BCUT2D eigenvalue weighted by molar-refractivity contribution is -0.138. The number of carboxylic acid groups (broad SMARTS) is 1. The number of rotatable bonds is 13. The van der Waals surface area contributed by atoms with E-state index < -0.39 is 5.97 Å². The number of amides is 2. The van der Waals surface area contributed by atoms with Crippen LogP contribution in [-0.4, -0.2) is 49.3 Å². The van der Waals surface area contributed by atoms with E-state index in [9.17, 15) is 14.4 Å². The van der Waals surface area contributed by atoms with Gasteiger partial charge in [0.15, 0.2) is 0 Å². The molecule has 1 fully saturated rings. The van der Waals surface area contributed by atoms with Gasteiger partial charge in [0.25, 0.3) is 0 Å². The molecule has 3 N–H and O–H groups in total. The Bertz CT molecular complexity index is 711. The van der Waals surface area contributed by atoms with Crippen LogP contribution in [0.5, 0.6) is 0 Å². The first kappa shape index (κ1) is 21.9. The van der Waals surface area contributed by atoms with E-state index in [2.05, 4.69) is 16.6 Å². The third-order valence-corrected chi connectivity index (χ3v) is 4.85. The van der Waals surface area contributed by atoms with Crippen molar-refractivity contribution in [2.24, 2.45) is 11.8 Å². The predicted molar refractivity (Wildman–Crippen MR) is 105 cm³/mol. The number of carbonyl (C=O) groups is 3. The Morgan fingerprint density at radius 3 is 2.68 bits per heavy atom. The van der Waals surface area contributed by atoms with E-state index in [1.54, 1.807) is 24.3 Å². The van der Waals surface area contributed by atoms with Crippen molar-refractivity contribution in [1.82, 2.24) is 4.72 Å². The number of hydrogen-bond acceptors (Lipinski definition) is 6. The summed E-state index contributed by atoms with van der Waals surface area (Å²) in [5.74, 6) is -1.06. The van der Waals surface area contributed by atoms with Crippen molar-refractivity contribution < 1.29 is 29.0 Å². The summed E-state index contributed by atoms with van der Waals surface area (Å²) in [6.07, 6.45) is 2.55. The van der Waals surface area contributed by atoms with Gasteiger partial charge in [0.05, 0.1) is 36.8 Å². The van der Waals surface area contributed by atoms with Gasteiger partial charge < -0.3 is 19.9 Å². The highest BCUT2D eigenvalue weighted by Gasteiger charge is 2.40. The van der Waals surface area contributed by atoms with E-state index in [-0.39, 0.29) is 56.5 Å². The molecule has 2 atom stereocenters. The van der Waals surface area contributed by atoms with Gasteiger partial charge in [-0.1, -0.05) is 18.2 Å². The fourth-order valence-electron chi connectivity index (χ4n) is 2.35. The van der Waals surface area contributed by atoms with Crippen molar-refractivity contribution in [3.63, 3.8) is 0 Å². The van der Waals surface area contributed by atoms with Crippen LogP contribution < -0.4 is 10.0 Å². The van der Waals surface area contributed by atoms with Crippen molar-refractivity contribution >= 4 is 35.4 Å². The molecular weight excluding hydrogens is 384 g/mol. The smallest absolute Gasteiger partial charge is 0.305 e. The molecule has 1 aliphatic carbocycles. The van der Waals surface area contributed by atoms with Crippen molar-refractivity contribution in [3.05, 3.63) is 36.9 Å². The molecule has 1 unspecified atom stereocenters. The fraction of sp³-hybridized carbons (Fsp3) is 0.421. The highest BCUT2D eigenvalue weighted by atomic mass is 32.2. The summed E-state index contributed by atoms with van der Waals surface area (Å²) in [7, 11) is 0. The average molecular weight is 408 g/mol. The van der Waals surface area contributed by atoms with E-state index in [0.29, 0.717) is 5.69 Å². The van der Waals surface area contributed by atoms with Gasteiger partial charge in [-0.05, 0) is 36.4 Å². The van der Waals surface area contributed by atoms with Crippen LogP contribution in [0.4, 0.5) is 5.69 Å². The highest BCUT2D eigenvalue weighted by molar-refractivity contribution is 7.98. The van der Waals surface area contributed by atoms with Crippen molar-refractivity contribution in [1.29, 1.82) is 0 Å². The van der Waals surface area contributed by atoms with E-state index in [0.717, 1.165) is 23.3 Å². The molecule has 2 amide bonds. The van der Waals surface area contributed by atoms with E-state index in [1.807, 2.05) is 6.07 Å². The summed E-state index contributed by atoms with van der Waals surface area (Å²) in [5, 5.41) is 11.2. The lowest BCUT2D eigenvalue weighted by Gasteiger charge is -2.11. The van der Waals surface area contributed by atoms with Crippen LogP contribution in [0.3, 0.4) is 0 Å². The number of carbonyl (C=O) groups excluding carboxylic acids is 2. The molecule has 1 aliphatic rings. The van der Waals surface area contributed by atoms with Crippen LogP contribution in [0, 0.1) is 11.8 Å². The van der Waals surface area contributed by atoms with Crippen LogP contribution in [0.1, 0.15) is 12.8 Å². The Morgan fingerprint density at radius 1 is 1.21 bits per heavy atom. The monoisotopic (exact) mass is 408 g/mol. The van der Waals surface area contributed by atoms with E-state index >= 15 is 0 Å². The summed E-state index contributed by atoms with van der Waals surface area (Å²) < 4.78 is 13.1. The first-order valence-electron chi connectivity index (χ1n) is 8.86. The fourth-order valence-corrected chi connectivity index (χ4v) is 3.08. The third-order valence-electron chi connectivity index (χ3n) is 3.97. The Morgan fingerprint density at radius 2 is 1.96 bits per heavy atom. The highest BCUT2D eigenvalue weighted by Crippen LogP contribution is 2.40. The molecule has 0 saturated heterocycles. The quantitative estimate of drug-likeness (QED) is 0.260. The molecule has 0 bridgehead atoms. The largest absolute Gasteiger partial charge is 0.481 e. The van der Waals surface area contributed by atoms with Crippen molar-refractivity contribution in [2.45, 2.75) is 17.7 Å². The standard InChI is InChI=1S/C19H24N2O6S/c1-2-13-11-14(13)19(25)21-28-16-6-4-3-5-15(16)20-17(22)12-27-10-9-26-8-7-18(23)24/h2-6,13-14H,1,7-12H2,(H,20,22)(H,21,25)(H,23,24)/t13-,14?/m1/s1. The number of anilines is 1. The van der Waals surface area contributed by atoms with Gasteiger partial charge in [-0.3, -0.25) is 19.1 Å². The first-order chi connectivity index (χ1) is 13.5. The minimum Gasteiger partial charge on any atom is -0.481 e. The summed E-state index contributed by atoms with van der Waals surface area (Å²) in [4.78, 5) is 35.1. The number of para-hydroxylation sites is 1. The SMILES string of the molecule is C=C[C@@H]1CC1C(=O)NSc1ccccc1NC(=O)COCCOCCC(=O)O. The summed E-state index contributed by atoms with van der Waals surface area (Å²) >= 11 is 1.16. The maximum Gasteiger partial charge on any atom is 0.305 e. The van der Waals surface area contributed by atoms with Crippen molar-refractivity contribution in [2.75, 3.05) is 31.7 Å². The topological polar surface area (TPSA) is 114 Å². The Labute approximate surface area is 167 Å². The molecule has 9 heteroatoms. The number of carboxylic acids is 1. The molecule has 1 aromatic carbocycles. The second-order valence-corrected chi connectivity index (χ2v) is 7.01. The maximum atomic E-state index is 12.0. The first-order valence-corrected chi connectivity index (χ1v) is 9.68. The second-order valence-electron chi connectivity index (χ2n) is 6.16. The number of ether oxygens (including phenoxy) is 2. The Kier molecular flexibility index (Phi) is 8.99. The molecule has 0 heterocycles. The maximum absolute atomic E-state index is 12.0. The average Bonchev–Trinajstić information content (AvgIpc) is 3.46. The van der Waals surface area contributed by atoms with Crippen LogP contribution in [-0.2, 0) is 23.9 Å². The summed E-state index contributed by atoms with van der Waals surface area (Å²) in [6.45, 7) is 4.05. The number of aliphatic carboxylic acids is 1. The zero-order chi connectivity index (χ0) is 20.4. The normalized spacial score (nSPS) is 17.6. The van der Waals surface area contributed by atoms with E-state index in [4.69, 9.17) is 14.6 Å². The second kappa shape index (κ2) is 11.5. The Hall–Kier alpha value is -2.36. The molecule has 0 spiro atoms. The zero-order valence-corrected chi connectivity index (χ0v) is 16.2. The number of allylic oxidation sites excluding steroid dienone is 1. The van der Waals surface area contributed by atoms with Crippen LogP contribution in [0.15, 0.2) is 41.8 Å². The van der Waals surface area contributed by atoms with Gasteiger partial charge in [-0.15, -0.1) is 6.58 Å². The van der Waals surface area contributed by atoms with Gasteiger partial charge in [-0.2, -0.15) is 0 Å². The van der Waals surface area contributed by atoms with Crippen LogP contribution in [0.2, 0.25) is 0 Å². The third kappa shape index (κ3) is 7.71. The van der Waals surface area contributed by atoms with Gasteiger partial charge in [-0.25, -0.2) is 0 Å². The molecule has 28 heavy (non-hydrogen) atoms. The minimum absolute atomic E-state index is 0.0159. The lowest BCUT2D eigenvalue weighted by Crippen LogP contribution is -2.21. The number of hydrogen-bond donors (Lipinski definition) is 3. The molecule has 152 valence electrons. The molecule has 0 aliphatic heterocycles. The Balaban J connectivity index is 1.68. The van der Waals surface area contributed by atoms with Crippen LogP contribution in [0.25, 0.3) is 0 Å². The minimum atomic E-state index is -0.925. The van der Waals surface area contributed by atoms with Crippen molar-refractivity contribution in [3.8, 4) is 0 Å². The van der Waals surface area contributed by atoms with E-state index in [1.165, 1.54) is 0 Å². The molecule has 1 aromatic rings. The van der Waals surface area contributed by atoms with Gasteiger partial charge in [0, 0.05) is 5.92 Å². The molecule has 2 rings (SSSR count). The molecular formula is C19H24N2O6S. The number of benzene rings is 1. The van der Waals surface area contributed by atoms with Crippen LogP contribution >= 0.6 is 11.9 Å². The predicted octanol–water partition coefficient (Wildman–Crippen LogP) is 2.08. The molecule has 0 aromatic heterocycles. The van der Waals surface area contributed by atoms with Gasteiger partial charge >= 0.3 is 5.97 Å². The van der Waals surface area contributed by atoms with Gasteiger partial charge in [0.2, 0.25) is 11.8 Å². The molecule has 1 saturated carbocycles.